The van der Waals surface area contributed by atoms with Gasteiger partial charge in [0.1, 0.15) is 0 Å². The zero-order chi connectivity index (χ0) is 11.5. The zero-order valence-electron chi connectivity index (χ0n) is 9.07. The molecule has 16 heavy (non-hydrogen) atoms. The van der Waals surface area contributed by atoms with E-state index < -0.39 is 0 Å². The van der Waals surface area contributed by atoms with Gasteiger partial charge in [0.05, 0.1) is 16.9 Å². The van der Waals surface area contributed by atoms with E-state index in [1.165, 1.54) is 0 Å². The largest absolute Gasteiger partial charge is 0.397 e. The SMILES string of the molecule is C=CCN1CCNC(=O)c2cccc(N)c21. The van der Waals surface area contributed by atoms with Gasteiger partial charge < -0.3 is 16.0 Å². The number of anilines is 2. The predicted molar refractivity (Wildman–Crippen MR) is 65.6 cm³/mol. The second-order valence-electron chi connectivity index (χ2n) is 3.73. The van der Waals surface area contributed by atoms with Crippen molar-refractivity contribution in [3.63, 3.8) is 0 Å². The molecule has 0 fully saturated rings. The minimum atomic E-state index is -0.0612. The summed E-state index contributed by atoms with van der Waals surface area (Å²) in [7, 11) is 0. The van der Waals surface area contributed by atoms with E-state index in [-0.39, 0.29) is 5.91 Å². The van der Waals surface area contributed by atoms with Gasteiger partial charge in [0.15, 0.2) is 0 Å². The average molecular weight is 217 g/mol. The highest BCUT2D eigenvalue weighted by molar-refractivity contribution is 6.03. The highest BCUT2D eigenvalue weighted by Crippen LogP contribution is 2.28. The fraction of sp³-hybridized carbons (Fsp3) is 0.250. The van der Waals surface area contributed by atoms with Crippen LogP contribution in [0.5, 0.6) is 0 Å². The molecule has 0 bridgehead atoms. The lowest BCUT2D eigenvalue weighted by Crippen LogP contribution is -2.30. The molecule has 4 heteroatoms. The van der Waals surface area contributed by atoms with E-state index in [4.69, 9.17) is 5.73 Å². The van der Waals surface area contributed by atoms with Crippen molar-refractivity contribution in [2.75, 3.05) is 30.3 Å². The minimum absolute atomic E-state index is 0.0612. The predicted octanol–water partition coefficient (Wildman–Crippen LogP) is 1.00. The Bertz CT molecular complexity index is 428. The highest BCUT2D eigenvalue weighted by atomic mass is 16.1. The Morgan fingerprint density at radius 2 is 2.38 bits per heavy atom. The molecule has 1 aliphatic heterocycles. The monoisotopic (exact) mass is 217 g/mol. The number of carbonyl (C=O) groups excluding carboxylic acids is 1. The smallest absolute Gasteiger partial charge is 0.253 e. The number of hydrogen-bond donors (Lipinski definition) is 2. The third-order valence-corrected chi connectivity index (χ3v) is 2.64. The number of benzene rings is 1. The molecule has 1 aliphatic rings. The van der Waals surface area contributed by atoms with Gasteiger partial charge in [0.2, 0.25) is 0 Å². The summed E-state index contributed by atoms with van der Waals surface area (Å²) in [4.78, 5) is 13.9. The molecule has 84 valence electrons. The van der Waals surface area contributed by atoms with Crippen LogP contribution in [0.25, 0.3) is 0 Å². The van der Waals surface area contributed by atoms with E-state index in [1.54, 1.807) is 12.1 Å². The average Bonchev–Trinajstić information content (AvgIpc) is 2.42. The van der Waals surface area contributed by atoms with E-state index >= 15 is 0 Å². The topological polar surface area (TPSA) is 58.4 Å². The van der Waals surface area contributed by atoms with Crippen LogP contribution in [0.3, 0.4) is 0 Å². The first-order chi connectivity index (χ1) is 7.74. The summed E-state index contributed by atoms with van der Waals surface area (Å²) in [5.74, 6) is -0.0612. The third kappa shape index (κ3) is 1.74. The van der Waals surface area contributed by atoms with E-state index in [9.17, 15) is 4.79 Å². The summed E-state index contributed by atoms with van der Waals surface area (Å²) in [5.41, 5.74) is 8.03. The van der Waals surface area contributed by atoms with E-state index in [1.807, 2.05) is 12.1 Å². The fourth-order valence-corrected chi connectivity index (χ4v) is 1.95. The van der Waals surface area contributed by atoms with E-state index in [0.29, 0.717) is 24.3 Å². The maximum absolute atomic E-state index is 11.8. The van der Waals surface area contributed by atoms with E-state index in [0.717, 1.165) is 12.2 Å². The Balaban J connectivity index is 2.52. The number of hydrogen-bond acceptors (Lipinski definition) is 3. The molecule has 1 aromatic rings. The van der Waals surface area contributed by atoms with Crippen molar-refractivity contribution in [1.82, 2.24) is 5.32 Å². The van der Waals surface area contributed by atoms with Crippen molar-refractivity contribution in [3.05, 3.63) is 36.4 Å². The first-order valence-electron chi connectivity index (χ1n) is 5.26. The van der Waals surface area contributed by atoms with Crippen molar-refractivity contribution in [2.24, 2.45) is 0 Å². The van der Waals surface area contributed by atoms with Gasteiger partial charge in [-0.2, -0.15) is 0 Å². The normalized spacial score (nSPS) is 15.0. The molecule has 0 radical (unpaired) electrons. The molecule has 0 aliphatic carbocycles. The van der Waals surface area contributed by atoms with Crippen molar-refractivity contribution >= 4 is 17.3 Å². The van der Waals surface area contributed by atoms with Crippen LogP contribution < -0.4 is 16.0 Å². The molecule has 2 rings (SSSR count). The van der Waals surface area contributed by atoms with Gasteiger partial charge in [-0.05, 0) is 12.1 Å². The summed E-state index contributed by atoms with van der Waals surface area (Å²) in [6.07, 6.45) is 1.81. The molecule has 0 saturated carbocycles. The molecule has 1 heterocycles. The number of para-hydroxylation sites is 1. The van der Waals surface area contributed by atoms with Gasteiger partial charge in [0.25, 0.3) is 5.91 Å². The Morgan fingerprint density at radius 3 is 3.12 bits per heavy atom. The molecule has 0 saturated heterocycles. The van der Waals surface area contributed by atoms with Crippen LogP contribution in [0.1, 0.15) is 10.4 Å². The van der Waals surface area contributed by atoms with Crippen LogP contribution in [-0.4, -0.2) is 25.5 Å². The lowest BCUT2D eigenvalue weighted by atomic mass is 10.1. The molecular formula is C12H15N3O. The summed E-state index contributed by atoms with van der Waals surface area (Å²) >= 11 is 0. The van der Waals surface area contributed by atoms with Gasteiger partial charge in [-0.1, -0.05) is 12.1 Å². The maximum Gasteiger partial charge on any atom is 0.253 e. The first kappa shape index (κ1) is 10.5. The number of nitrogens with one attached hydrogen (secondary N) is 1. The summed E-state index contributed by atoms with van der Waals surface area (Å²) in [6, 6.07) is 5.40. The van der Waals surface area contributed by atoms with Crippen LogP contribution in [0, 0.1) is 0 Å². The molecule has 0 atom stereocenters. The second-order valence-corrected chi connectivity index (χ2v) is 3.73. The maximum atomic E-state index is 11.8. The van der Waals surface area contributed by atoms with Crippen LogP contribution >= 0.6 is 0 Å². The van der Waals surface area contributed by atoms with Crippen molar-refractivity contribution in [1.29, 1.82) is 0 Å². The Labute approximate surface area is 94.7 Å². The molecular weight excluding hydrogens is 202 g/mol. The molecule has 1 amide bonds. The molecule has 0 spiro atoms. The van der Waals surface area contributed by atoms with Gasteiger partial charge >= 0.3 is 0 Å². The molecule has 0 unspecified atom stereocenters. The number of rotatable bonds is 2. The lowest BCUT2D eigenvalue weighted by Gasteiger charge is -2.23. The molecule has 1 aromatic carbocycles. The molecule has 0 aromatic heterocycles. The van der Waals surface area contributed by atoms with E-state index in [2.05, 4.69) is 16.8 Å². The summed E-state index contributed by atoms with van der Waals surface area (Å²) in [6.45, 7) is 5.78. The quantitative estimate of drug-likeness (QED) is 0.574. The van der Waals surface area contributed by atoms with Crippen LogP contribution in [0.15, 0.2) is 30.9 Å². The molecule has 3 N–H and O–H groups in total. The van der Waals surface area contributed by atoms with Crippen LogP contribution in [0.4, 0.5) is 11.4 Å². The van der Waals surface area contributed by atoms with Gasteiger partial charge in [-0.3, -0.25) is 4.79 Å². The van der Waals surface area contributed by atoms with Crippen LogP contribution in [-0.2, 0) is 0 Å². The second kappa shape index (κ2) is 4.26. The fourth-order valence-electron chi connectivity index (χ4n) is 1.95. The number of nitrogens with zero attached hydrogens (tertiary/aromatic N) is 1. The van der Waals surface area contributed by atoms with Crippen molar-refractivity contribution in [2.45, 2.75) is 0 Å². The van der Waals surface area contributed by atoms with Gasteiger partial charge in [0, 0.05) is 19.6 Å². The summed E-state index contributed by atoms with van der Waals surface area (Å²) in [5, 5.41) is 2.85. The van der Waals surface area contributed by atoms with Gasteiger partial charge in [-0.25, -0.2) is 0 Å². The minimum Gasteiger partial charge on any atom is -0.397 e. The van der Waals surface area contributed by atoms with Gasteiger partial charge in [-0.15, -0.1) is 6.58 Å². The Morgan fingerprint density at radius 1 is 1.56 bits per heavy atom. The number of nitrogen functional groups attached to an aromatic ring is 1. The standard InChI is InChI=1S/C12H15N3O/c1-2-7-15-8-6-14-12(16)9-4-3-5-10(13)11(9)15/h2-5H,1,6-8,13H2,(H,14,16). The number of fused-ring (bicyclic) bond motifs is 1. The van der Waals surface area contributed by atoms with Crippen LogP contribution in [0.2, 0.25) is 0 Å². The Kier molecular flexibility index (Phi) is 2.81. The highest BCUT2D eigenvalue weighted by Gasteiger charge is 2.21. The van der Waals surface area contributed by atoms with Crippen molar-refractivity contribution in [3.8, 4) is 0 Å². The summed E-state index contributed by atoms with van der Waals surface area (Å²) < 4.78 is 0. The Hall–Kier alpha value is -1.97. The number of nitrogens with two attached hydrogens (primary N) is 1. The molecule has 4 nitrogen and oxygen atoms in total. The first-order valence-corrected chi connectivity index (χ1v) is 5.26. The number of carbonyl (C=O) groups is 1. The van der Waals surface area contributed by atoms with Crippen molar-refractivity contribution < 1.29 is 4.79 Å². The number of amides is 1. The third-order valence-electron chi connectivity index (χ3n) is 2.64. The zero-order valence-corrected chi connectivity index (χ0v) is 9.07. The lowest BCUT2D eigenvalue weighted by molar-refractivity contribution is 0.0958.